The molecule has 4 heteroatoms. The number of alkyl halides is 1. The highest BCUT2D eigenvalue weighted by atomic mass is 35.5. The highest BCUT2D eigenvalue weighted by molar-refractivity contribution is 7.82. The van der Waals surface area contributed by atoms with Gasteiger partial charge in [-0.05, 0) is 6.92 Å². The number of halogens is 1. The monoisotopic (exact) mass is 155 g/mol. The molecule has 0 aliphatic carbocycles. The maximum Gasteiger partial charge on any atom is 0.0886 e. The zero-order valence-corrected chi connectivity index (χ0v) is 6.55. The van der Waals surface area contributed by atoms with Crippen molar-refractivity contribution in [2.45, 2.75) is 13.0 Å². The van der Waals surface area contributed by atoms with E-state index in [0.29, 0.717) is 5.88 Å². The van der Waals surface area contributed by atoms with Gasteiger partial charge >= 0.3 is 0 Å². The van der Waals surface area contributed by atoms with E-state index in [4.69, 9.17) is 11.6 Å². The van der Waals surface area contributed by atoms with Gasteiger partial charge in [0.05, 0.1) is 11.0 Å². The molecule has 0 rings (SSSR count). The summed E-state index contributed by atoms with van der Waals surface area (Å²) in [6.07, 6.45) is 1.59. The van der Waals surface area contributed by atoms with E-state index in [-0.39, 0.29) is 6.04 Å². The summed E-state index contributed by atoms with van der Waals surface area (Å²) in [5.74, 6) is 0.500. The second-order valence-corrected chi connectivity index (χ2v) is 3.08. The number of nitrogens with one attached hydrogen (secondary N) is 1. The summed E-state index contributed by atoms with van der Waals surface area (Å²) in [6.45, 7) is 1.88. The fraction of sp³-hybridized carbons (Fsp3) is 1.00. The third-order valence-electron chi connectivity index (χ3n) is 0.599. The first-order valence-electron chi connectivity index (χ1n) is 2.32. The van der Waals surface area contributed by atoms with E-state index in [9.17, 15) is 4.21 Å². The maximum atomic E-state index is 10.4. The lowest BCUT2D eigenvalue weighted by Gasteiger charge is -2.04. The molecule has 1 N–H and O–H groups in total. The number of rotatable bonds is 3. The molecular formula is C4H10ClNOS. The van der Waals surface area contributed by atoms with E-state index in [2.05, 4.69) is 4.72 Å². The topological polar surface area (TPSA) is 29.1 Å². The normalized spacial score (nSPS) is 17.9. The molecule has 0 aromatic heterocycles. The van der Waals surface area contributed by atoms with Crippen LogP contribution in [0, 0.1) is 0 Å². The molecule has 2 nitrogen and oxygen atoms in total. The fourth-order valence-corrected chi connectivity index (χ4v) is 1.13. The molecule has 2 atom stereocenters. The molecule has 0 fully saturated rings. The first kappa shape index (κ1) is 8.40. The zero-order valence-electron chi connectivity index (χ0n) is 4.98. The predicted octanol–water partition coefficient (Wildman–Crippen LogP) is 0.497. The molecule has 0 aliphatic rings. The highest BCUT2D eigenvalue weighted by Gasteiger charge is 1.97. The molecule has 0 bridgehead atoms. The van der Waals surface area contributed by atoms with Crippen LogP contribution in [0.15, 0.2) is 0 Å². The smallest absolute Gasteiger partial charge is 0.0886 e. The first-order valence-corrected chi connectivity index (χ1v) is 4.41. The average molecular weight is 156 g/mol. The standard InChI is InChI=1S/C4H10ClNOS/c1-4(3-5)6-8(2)7/h4,6H,3H2,1-2H3. The van der Waals surface area contributed by atoms with Gasteiger partial charge in [-0.25, -0.2) is 8.93 Å². The van der Waals surface area contributed by atoms with E-state index >= 15 is 0 Å². The van der Waals surface area contributed by atoms with Crippen molar-refractivity contribution in [3.05, 3.63) is 0 Å². The van der Waals surface area contributed by atoms with Crippen molar-refractivity contribution in [3.8, 4) is 0 Å². The molecule has 0 saturated carbocycles. The number of hydrogen-bond donors (Lipinski definition) is 1. The summed E-state index contributed by atoms with van der Waals surface area (Å²) in [5, 5.41) is 0. The highest BCUT2D eigenvalue weighted by Crippen LogP contribution is 1.84. The van der Waals surface area contributed by atoms with Crippen LogP contribution in [0.3, 0.4) is 0 Å². The van der Waals surface area contributed by atoms with E-state index in [1.807, 2.05) is 6.92 Å². The van der Waals surface area contributed by atoms with Crippen LogP contribution in [0.25, 0.3) is 0 Å². The van der Waals surface area contributed by atoms with E-state index in [0.717, 1.165) is 0 Å². The minimum Gasteiger partial charge on any atom is -0.243 e. The molecule has 0 aromatic rings. The van der Waals surface area contributed by atoms with E-state index < -0.39 is 11.0 Å². The molecule has 0 spiro atoms. The Balaban J connectivity index is 3.24. The lowest BCUT2D eigenvalue weighted by Crippen LogP contribution is -2.28. The van der Waals surface area contributed by atoms with Crippen LogP contribution in [0.2, 0.25) is 0 Å². The van der Waals surface area contributed by atoms with Gasteiger partial charge in [0.1, 0.15) is 0 Å². The molecule has 50 valence electrons. The van der Waals surface area contributed by atoms with Crippen LogP contribution in [-0.2, 0) is 11.0 Å². The third kappa shape index (κ3) is 4.56. The molecule has 0 amide bonds. The molecule has 8 heavy (non-hydrogen) atoms. The van der Waals surface area contributed by atoms with Gasteiger partial charge in [0.15, 0.2) is 0 Å². The van der Waals surface area contributed by atoms with Crippen molar-refractivity contribution in [3.63, 3.8) is 0 Å². The van der Waals surface area contributed by atoms with Gasteiger partial charge in [0, 0.05) is 18.2 Å². The Hall–Kier alpha value is 0.400. The number of hydrogen-bond acceptors (Lipinski definition) is 1. The third-order valence-corrected chi connectivity index (χ3v) is 1.80. The van der Waals surface area contributed by atoms with Crippen molar-refractivity contribution in [1.82, 2.24) is 4.72 Å². The Morgan fingerprint density at radius 1 is 1.88 bits per heavy atom. The largest absolute Gasteiger partial charge is 0.243 e. The second-order valence-electron chi connectivity index (χ2n) is 1.63. The Morgan fingerprint density at radius 3 is 2.50 bits per heavy atom. The lowest BCUT2D eigenvalue weighted by atomic mass is 10.4. The SMILES string of the molecule is CC(CCl)NS(C)=O. The summed E-state index contributed by atoms with van der Waals surface area (Å²) in [5.41, 5.74) is 0. The molecule has 0 aromatic carbocycles. The first-order chi connectivity index (χ1) is 3.66. The van der Waals surface area contributed by atoms with Gasteiger partial charge in [0.25, 0.3) is 0 Å². The Bertz CT molecular complexity index is 88.1. The van der Waals surface area contributed by atoms with Crippen molar-refractivity contribution >= 4 is 22.6 Å². The summed E-state index contributed by atoms with van der Waals surface area (Å²) in [4.78, 5) is 0. The van der Waals surface area contributed by atoms with Gasteiger partial charge in [-0.2, -0.15) is 0 Å². The van der Waals surface area contributed by atoms with E-state index in [1.165, 1.54) is 0 Å². The van der Waals surface area contributed by atoms with Crippen LogP contribution in [-0.4, -0.2) is 22.4 Å². The van der Waals surface area contributed by atoms with Gasteiger partial charge in [0.2, 0.25) is 0 Å². The Kier molecular flexibility index (Phi) is 4.51. The lowest BCUT2D eigenvalue weighted by molar-refractivity contribution is 0.661. The van der Waals surface area contributed by atoms with Gasteiger partial charge in [-0.1, -0.05) is 0 Å². The molecule has 0 saturated heterocycles. The van der Waals surface area contributed by atoms with Crippen LogP contribution < -0.4 is 4.72 Å². The fourth-order valence-electron chi connectivity index (χ4n) is 0.315. The van der Waals surface area contributed by atoms with E-state index in [1.54, 1.807) is 6.26 Å². The second kappa shape index (κ2) is 4.30. The Morgan fingerprint density at radius 2 is 2.38 bits per heavy atom. The molecule has 0 radical (unpaired) electrons. The summed E-state index contributed by atoms with van der Waals surface area (Å²) in [6, 6.07) is 0.141. The summed E-state index contributed by atoms with van der Waals surface area (Å²) < 4.78 is 13.1. The Labute approximate surface area is 57.2 Å². The zero-order chi connectivity index (χ0) is 6.57. The van der Waals surface area contributed by atoms with Crippen molar-refractivity contribution in [1.29, 1.82) is 0 Å². The van der Waals surface area contributed by atoms with Gasteiger partial charge in [-0.3, -0.25) is 0 Å². The van der Waals surface area contributed by atoms with Gasteiger partial charge in [-0.15, -0.1) is 11.6 Å². The van der Waals surface area contributed by atoms with Crippen molar-refractivity contribution < 1.29 is 4.21 Å². The van der Waals surface area contributed by atoms with Crippen LogP contribution >= 0.6 is 11.6 Å². The minimum atomic E-state index is -0.930. The van der Waals surface area contributed by atoms with Crippen LogP contribution in [0.1, 0.15) is 6.92 Å². The quantitative estimate of drug-likeness (QED) is 0.591. The van der Waals surface area contributed by atoms with Crippen molar-refractivity contribution in [2.75, 3.05) is 12.1 Å². The molecule has 0 heterocycles. The summed E-state index contributed by atoms with van der Waals surface area (Å²) in [7, 11) is -0.930. The molecular weight excluding hydrogens is 146 g/mol. The van der Waals surface area contributed by atoms with Crippen LogP contribution in [0.5, 0.6) is 0 Å². The van der Waals surface area contributed by atoms with Crippen LogP contribution in [0.4, 0.5) is 0 Å². The van der Waals surface area contributed by atoms with Crippen molar-refractivity contribution in [2.24, 2.45) is 0 Å². The van der Waals surface area contributed by atoms with Gasteiger partial charge < -0.3 is 0 Å². The average Bonchev–Trinajstić information content (AvgIpc) is 1.65. The summed E-state index contributed by atoms with van der Waals surface area (Å²) >= 11 is 5.40. The minimum absolute atomic E-state index is 0.141. The maximum absolute atomic E-state index is 10.4. The predicted molar refractivity (Wildman–Crippen MR) is 37.4 cm³/mol. The molecule has 0 aliphatic heterocycles. The molecule has 2 unspecified atom stereocenters.